The van der Waals surface area contributed by atoms with Crippen molar-refractivity contribution in [3.63, 3.8) is 0 Å². The summed E-state index contributed by atoms with van der Waals surface area (Å²) in [4.78, 5) is 40.0. The Morgan fingerprint density at radius 3 is 2.33 bits per heavy atom. The molecule has 212 valence electrons. The molecule has 0 fully saturated rings. The normalized spacial score (nSPS) is 15.6. The third kappa shape index (κ3) is 7.02. The van der Waals surface area contributed by atoms with Gasteiger partial charge < -0.3 is 19.5 Å². The third-order valence-electron chi connectivity index (χ3n) is 5.73. The van der Waals surface area contributed by atoms with E-state index in [9.17, 15) is 14.4 Å². The smallest absolute Gasteiger partial charge is 0.338 e. The fraction of sp³-hybridized carbons (Fsp3) is 0.310. The minimum Gasteiger partial charge on any atom is -0.491 e. The highest BCUT2D eigenvalue weighted by Gasteiger charge is 2.41. The van der Waals surface area contributed by atoms with Gasteiger partial charge in [0.1, 0.15) is 11.8 Å². The topological polar surface area (TPSA) is 94.2 Å². The molecule has 0 aromatic heterocycles. The van der Waals surface area contributed by atoms with Gasteiger partial charge in [-0.05, 0) is 76.7 Å². The number of ether oxygens (including phenoxy) is 3. The van der Waals surface area contributed by atoms with Crippen molar-refractivity contribution >= 4 is 64.5 Å². The van der Waals surface area contributed by atoms with Crippen LogP contribution in [-0.2, 0) is 19.1 Å². The largest absolute Gasteiger partial charge is 0.491 e. The van der Waals surface area contributed by atoms with Crippen molar-refractivity contribution in [3.05, 3.63) is 74.4 Å². The Labute approximate surface area is 248 Å². The predicted molar refractivity (Wildman–Crippen MR) is 158 cm³/mol. The van der Waals surface area contributed by atoms with Crippen LogP contribution in [0.1, 0.15) is 58.7 Å². The van der Waals surface area contributed by atoms with E-state index >= 15 is 0 Å². The molecule has 3 rings (SSSR count). The third-order valence-corrected chi connectivity index (χ3v) is 6.59. The molecular weight excluding hydrogens is 575 g/mol. The van der Waals surface area contributed by atoms with Gasteiger partial charge in [0.2, 0.25) is 0 Å². The van der Waals surface area contributed by atoms with Crippen LogP contribution < -0.4 is 14.8 Å². The summed E-state index contributed by atoms with van der Waals surface area (Å²) in [7, 11) is 0. The van der Waals surface area contributed by atoms with E-state index in [1.807, 2.05) is 19.9 Å². The second-order valence-corrected chi connectivity index (χ2v) is 10.4. The number of nitrogens with zero attached hydrogens (tertiary/aromatic N) is 1. The van der Waals surface area contributed by atoms with E-state index in [4.69, 9.17) is 49.6 Å². The van der Waals surface area contributed by atoms with Gasteiger partial charge in [-0.25, -0.2) is 4.79 Å². The summed E-state index contributed by atoms with van der Waals surface area (Å²) in [6.07, 6.45) is 1.41. The zero-order chi connectivity index (χ0) is 29.7. The molecule has 1 aliphatic rings. The molecule has 1 amide bonds. The molecule has 0 saturated heterocycles. The lowest BCUT2D eigenvalue weighted by Gasteiger charge is -2.39. The molecule has 0 saturated carbocycles. The Hall–Kier alpha value is -3.40. The Kier molecular flexibility index (Phi) is 10.4. The van der Waals surface area contributed by atoms with E-state index < -0.39 is 23.9 Å². The number of hydrogen-bond acceptors (Lipinski definition) is 7. The number of carbonyl (C=O) groups is 3. The van der Waals surface area contributed by atoms with Gasteiger partial charge in [0.05, 0.1) is 28.3 Å². The van der Waals surface area contributed by atoms with Gasteiger partial charge in [-0.2, -0.15) is 0 Å². The first-order chi connectivity index (χ1) is 18.8. The highest BCUT2D eigenvalue weighted by atomic mass is 35.5. The first-order valence-corrected chi connectivity index (χ1v) is 13.7. The van der Waals surface area contributed by atoms with E-state index in [1.165, 1.54) is 24.0 Å². The maximum atomic E-state index is 14.0. The fourth-order valence-corrected chi connectivity index (χ4v) is 5.11. The van der Waals surface area contributed by atoms with E-state index in [0.29, 0.717) is 22.6 Å². The summed E-state index contributed by atoms with van der Waals surface area (Å²) >= 11 is 18.2. The molecule has 1 N–H and O–H groups in total. The number of carbonyl (C=O) groups excluding carboxylic acids is 3. The number of allylic oxidation sites excluding steroid dienone is 1. The molecular formula is C29H30Cl2N2O6S. The molecule has 1 unspecified atom stereocenters. The van der Waals surface area contributed by atoms with Gasteiger partial charge >= 0.3 is 11.9 Å². The average Bonchev–Trinajstić information content (AvgIpc) is 2.85. The molecule has 11 heteroatoms. The first-order valence-electron chi connectivity index (χ1n) is 12.5. The maximum Gasteiger partial charge on any atom is 0.338 e. The van der Waals surface area contributed by atoms with E-state index in [0.717, 1.165) is 0 Å². The maximum absolute atomic E-state index is 14.0. The molecule has 0 spiro atoms. The lowest BCUT2D eigenvalue weighted by molar-refractivity contribution is -0.139. The zero-order valence-electron chi connectivity index (χ0n) is 23.0. The van der Waals surface area contributed by atoms with Crippen LogP contribution in [0.4, 0.5) is 0 Å². The summed E-state index contributed by atoms with van der Waals surface area (Å²) in [5.41, 5.74) is 2.03. The number of esters is 2. The quantitative estimate of drug-likeness (QED) is 0.160. The molecule has 2 aromatic carbocycles. The van der Waals surface area contributed by atoms with Crippen LogP contribution in [0.5, 0.6) is 11.5 Å². The molecule has 2 aromatic rings. The minimum atomic E-state index is -0.933. The van der Waals surface area contributed by atoms with E-state index in [1.54, 1.807) is 45.0 Å². The summed E-state index contributed by atoms with van der Waals surface area (Å²) in [6.45, 7) is 10.2. The lowest BCUT2D eigenvalue weighted by atomic mass is 9.92. The predicted octanol–water partition coefficient (Wildman–Crippen LogP) is 6.40. The van der Waals surface area contributed by atoms with Crippen molar-refractivity contribution in [2.75, 3.05) is 6.61 Å². The number of halogens is 2. The van der Waals surface area contributed by atoms with Crippen molar-refractivity contribution in [2.24, 2.45) is 0 Å². The van der Waals surface area contributed by atoms with Gasteiger partial charge in [0, 0.05) is 23.8 Å². The first kappa shape index (κ1) is 31.1. The van der Waals surface area contributed by atoms with Crippen molar-refractivity contribution in [3.8, 4) is 11.5 Å². The second kappa shape index (κ2) is 13.3. The molecule has 1 atom stereocenters. The molecule has 0 bridgehead atoms. The number of thiocarbonyl (C=S) groups is 1. The minimum absolute atomic E-state index is 0.0277. The molecule has 1 aliphatic heterocycles. The Morgan fingerprint density at radius 1 is 1.12 bits per heavy atom. The van der Waals surface area contributed by atoms with Crippen molar-refractivity contribution < 1.29 is 28.6 Å². The molecule has 0 radical (unpaired) electrons. The summed E-state index contributed by atoms with van der Waals surface area (Å²) in [6, 6.07) is 9.28. The summed E-state index contributed by atoms with van der Waals surface area (Å²) in [5.74, 6) is -1.11. The number of benzene rings is 2. The number of nitrogens with one attached hydrogen (secondary N) is 1. The zero-order valence-corrected chi connectivity index (χ0v) is 25.3. The second-order valence-electron chi connectivity index (χ2n) is 9.21. The average molecular weight is 606 g/mol. The van der Waals surface area contributed by atoms with Crippen LogP contribution in [0.3, 0.4) is 0 Å². The fourth-order valence-electron chi connectivity index (χ4n) is 4.19. The molecule has 1 heterocycles. The number of amides is 1. The Balaban J connectivity index is 2.14. The highest BCUT2D eigenvalue weighted by Crippen LogP contribution is 2.40. The summed E-state index contributed by atoms with van der Waals surface area (Å²) in [5, 5.41) is 3.29. The van der Waals surface area contributed by atoms with Gasteiger partial charge in [-0.3, -0.25) is 14.5 Å². The van der Waals surface area contributed by atoms with Crippen LogP contribution in [0.2, 0.25) is 10.0 Å². The number of hydrogen-bond donors (Lipinski definition) is 1. The van der Waals surface area contributed by atoms with E-state index in [-0.39, 0.29) is 44.8 Å². The molecule has 40 heavy (non-hydrogen) atoms. The van der Waals surface area contributed by atoms with Gasteiger partial charge in [-0.1, -0.05) is 41.4 Å². The molecule has 0 aliphatic carbocycles. The van der Waals surface area contributed by atoms with Crippen LogP contribution in [-0.4, -0.2) is 40.6 Å². The lowest BCUT2D eigenvalue weighted by Crippen LogP contribution is -2.51. The molecule has 8 nitrogen and oxygen atoms in total. The van der Waals surface area contributed by atoms with Crippen molar-refractivity contribution in [1.29, 1.82) is 0 Å². The van der Waals surface area contributed by atoms with Crippen LogP contribution in [0, 0.1) is 0 Å². The van der Waals surface area contributed by atoms with Gasteiger partial charge in [0.25, 0.3) is 5.91 Å². The Morgan fingerprint density at radius 2 is 1.75 bits per heavy atom. The highest BCUT2D eigenvalue weighted by molar-refractivity contribution is 7.80. The van der Waals surface area contributed by atoms with Gasteiger partial charge in [-0.15, -0.1) is 0 Å². The van der Waals surface area contributed by atoms with Crippen molar-refractivity contribution in [2.45, 2.75) is 53.7 Å². The number of rotatable bonds is 8. The SMILES string of the molecule is CCOC(=O)C1=C(C)NC(=S)N(C(=O)/C(C)=C/c2cc(Cl)c(OC(C)=O)c(Cl)c2)C1c1ccccc1OC(C)C. The summed E-state index contributed by atoms with van der Waals surface area (Å²) < 4.78 is 16.5. The van der Waals surface area contributed by atoms with Crippen molar-refractivity contribution in [1.82, 2.24) is 10.2 Å². The van der Waals surface area contributed by atoms with Gasteiger partial charge in [0.15, 0.2) is 10.9 Å². The van der Waals surface area contributed by atoms with Crippen LogP contribution in [0.25, 0.3) is 6.08 Å². The number of para-hydroxylation sites is 1. The monoisotopic (exact) mass is 604 g/mol. The standard InChI is InChI=1S/C29H30Cl2N2O6S/c1-7-37-28(36)24-17(5)32-29(40)33(25(24)20-10-8-9-11-23(20)38-15(2)3)27(35)16(4)12-19-13-21(30)26(22(31)14-19)39-18(6)34/h8-15,25H,7H2,1-6H3,(H,32,40)/b16-12+. The Bertz CT molecular complexity index is 1400. The van der Waals surface area contributed by atoms with E-state index in [2.05, 4.69) is 5.32 Å². The van der Waals surface area contributed by atoms with Crippen LogP contribution >= 0.6 is 35.4 Å². The van der Waals surface area contributed by atoms with Crippen LogP contribution in [0.15, 0.2) is 53.2 Å².